The molecule has 1 aliphatic carbocycles. The van der Waals surface area contributed by atoms with Gasteiger partial charge in [0.25, 0.3) is 0 Å². The molecule has 0 saturated carbocycles. The lowest BCUT2D eigenvalue weighted by atomic mass is 9.68. The molecule has 2 nitrogen and oxygen atoms in total. The number of anilines is 3. The molecule has 0 bridgehead atoms. The molecule has 13 rings (SSSR count). The van der Waals surface area contributed by atoms with E-state index in [-0.39, 0.29) is 0 Å². The molecule has 0 amide bonds. The van der Waals surface area contributed by atoms with Crippen molar-refractivity contribution in [2.24, 2.45) is 0 Å². The van der Waals surface area contributed by atoms with E-state index >= 15 is 0 Å². The van der Waals surface area contributed by atoms with Crippen molar-refractivity contribution in [2.75, 3.05) is 4.90 Å². The number of nitrogens with zero attached hydrogens (tertiary/aromatic N) is 1. The van der Waals surface area contributed by atoms with Gasteiger partial charge in [-0.1, -0.05) is 212 Å². The largest absolute Gasteiger partial charge is 0.456 e. The van der Waals surface area contributed by atoms with Gasteiger partial charge in [0.2, 0.25) is 0 Å². The molecule has 0 N–H and O–H groups in total. The van der Waals surface area contributed by atoms with Gasteiger partial charge in [0.1, 0.15) is 11.2 Å². The van der Waals surface area contributed by atoms with Crippen LogP contribution in [0.1, 0.15) is 22.3 Å². The molecule has 2 heteroatoms. The molecule has 0 fully saturated rings. The van der Waals surface area contributed by atoms with Gasteiger partial charge in [-0.2, -0.15) is 0 Å². The van der Waals surface area contributed by atoms with Crippen molar-refractivity contribution in [2.45, 2.75) is 5.41 Å². The predicted molar refractivity (Wildman–Crippen MR) is 280 cm³/mol. The highest BCUT2D eigenvalue weighted by molar-refractivity contribution is 6.12. The Labute approximate surface area is 390 Å². The molecular formula is C65H43NO. The number of hydrogen-bond acceptors (Lipinski definition) is 2. The Bertz CT molecular complexity index is 3740. The third-order valence-electron chi connectivity index (χ3n) is 13.9. The van der Waals surface area contributed by atoms with Crippen molar-refractivity contribution in [1.82, 2.24) is 0 Å². The van der Waals surface area contributed by atoms with Crippen LogP contribution in [0.3, 0.4) is 0 Å². The van der Waals surface area contributed by atoms with Gasteiger partial charge >= 0.3 is 0 Å². The summed E-state index contributed by atoms with van der Waals surface area (Å²) in [5, 5.41) is 4.64. The van der Waals surface area contributed by atoms with E-state index in [0.717, 1.165) is 50.1 Å². The zero-order valence-electron chi connectivity index (χ0n) is 36.7. The lowest BCUT2D eigenvalue weighted by molar-refractivity contribution is 0.669. The molecule has 1 aliphatic rings. The van der Waals surface area contributed by atoms with Crippen LogP contribution in [-0.2, 0) is 5.41 Å². The average molecular weight is 854 g/mol. The van der Waals surface area contributed by atoms with Gasteiger partial charge in [-0.15, -0.1) is 0 Å². The molecule has 0 unspecified atom stereocenters. The van der Waals surface area contributed by atoms with Crippen LogP contribution >= 0.6 is 0 Å². The van der Waals surface area contributed by atoms with Crippen molar-refractivity contribution in [3.8, 4) is 44.5 Å². The van der Waals surface area contributed by atoms with Crippen LogP contribution in [0.25, 0.3) is 77.2 Å². The van der Waals surface area contributed by atoms with Gasteiger partial charge in [-0.05, 0) is 121 Å². The third-order valence-corrected chi connectivity index (χ3v) is 13.9. The maximum absolute atomic E-state index is 6.32. The Morgan fingerprint density at radius 3 is 1.61 bits per heavy atom. The van der Waals surface area contributed by atoms with Gasteiger partial charge in [0, 0.05) is 27.7 Å². The van der Waals surface area contributed by atoms with E-state index in [4.69, 9.17) is 4.42 Å². The molecule has 1 aromatic heterocycles. The smallest absolute Gasteiger partial charge is 0.136 e. The van der Waals surface area contributed by atoms with Gasteiger partial charge in [0.05, 0.1) is 11.1 Å². The number of hydrogen-bond donors (Lipinski definition) is 0. The lowest BCUT2D eigenvalue weighted by Crippen LogP contribution is -2.28. The molecule has 314 valence electrons. The van der Waals surface area contributed by atoms with Crippen LogP contribution in [0.2, 0.25) is 0 Å². The highest BCUT2D eigenvalue weighted by Crippen LogP contribution is 2.59. The minimum atomic E-state index is -0.523. The molecule has 11 aromatic carbocycles. The number of para-hydroxylation sites is 1. The zero-order valence-corrected chi connectivity index (χ0v) is 36.7. The molecule has 0 atom stereocenters. The maximum Gasteiger partial charge on any atom is 0.136 e. The highest BCUT2D eigenvalue weighted by atomic mass is 16.3. The van der Waals surface area contributed by atoms with Crippen molar-refractivity contribution < 1.29 is 4.42 Å². The third kappa shape index (κ3) is 6.26. The van der Waals surface area contributed by atoms with E-state index in [1.165, 1.54) is 66.4 Å². The summed E-state index contributed by atoms with van der Waals surface area (Å²) in [5.74, 6) is 0. The number of rotatable bonds is 8. The fourth-order valence-electron chi connectivity index (χ4n) is 10.9. The lowest BCUT2D eigenvalue weighted by Gasteiger charge is -2.34. The van der Waals surface area contributed by atoms with E-state index in [2.05, 4.69) is 260 Å². The predicted octanol–water partition coefficient (Wildman–Crippen LogP) is 17.6. The molecular weight excluding hydrogens is 811 g/mol. The number of fused-ring (bicyclic) bond motifs is 7. The zero-order chi connectivity index (χ0) is 44.3. The minimum Gasteiger partial charge on any atom is -0.456 e. The monoisotopic (exact) mass is 853 g/mol. The Hall–Kier alpha value is -8.72. The molecule has 0 spiro atoms. The van der Waals surface area contributed by atoms with Gasteiger partial charge in [-0.25, -0.2) is 0 Å². The topological polar surface area (TPSA) is 16.4 Å². The van der Waals surface area contributed by atoms with Gasteiger partial charge in [-0.3, -0.25) is 0 Å². The molecule has 1 heterocycles. The van der Waals surface area contributed by atoms with Crippen LogP contribution in [-0.4, -0.2) is 0 Å². The molecule has 12 aromatic rings. The van der Waals surface area contributed by atoms with Crippen LogP contribution in [0.15, 0.2) is 265 Å². The van der Waals surface area contributed by atoms with Gasteiger partial charge in [0.15, 0.2) is 0 Å². The average Bonchev–Trinajstić information content (AvgIpc) is 3.94. The maximum atomic E-state index is 6.32. The molecule has 67 heavy (non-hydrogen) atoms. The van der Waals surface area contributed by atoms with E-state index in [9.17, 15) is 0 Å². The standard InChI is InChI=1S/C65H43NO/c1-4-16-44(17-5-1)45-30-32-46(33-31-45)48-34-35-50-43-54(41-38-49(50)42-48)66(53-39-36-47(37-40-53)55-24-14-29-62-63(55)57-23-11-13-28-61(57)67-62)60-27-15-26-59-64(60)56-22-10-12-25-58(56)65(59,51-18-6-2-7-19-51)52-20-8-3-9-21-52/h1-43H. The Morgan fingerprint density at radius 2 is 0.851 bits per heavy atom. The van der Waals surface area contributed by atoms with E-state index < -0.39 is 5.41 Å². The van der Waals surface area contributed by atoms with Gasteiger partial charge < -0.3 is 9.32 Å². The summed E-state index contributed by atoms with van der Waals surface area (Å²) >= 11 is 0. The Kier molecular flexibility index (Phi) is 9.11. The summed E-state index contributed by atoms with van der Waals surface area (Å²) in [4.78, 5) is 2.47. The highest BCUT2D eigenvalue weighted by Gasteiger charge is 2.47. The second kappa shape index (κ2) is 15.8. The van der Waals surface area contributed by atoms with Crippen LogP contribution < -0.4 is 4.90 Å². The fourth-order valence-corrected chi connectivity index (χ4v) is 10.9. The van der Waals surface area contributed by atoms with E-state index in [0.29, 0.717) is 0 Å². The van der Waals surface area contributed by atoms with Crippen LogP contribution in [0, 0.1) is 0 Å². The first-order valence-electron chi connectivity index (χ1n) is 23.1. The first-order valence-corrected chi connectivity index (χ1v) is 23.1. The molecule has 0 radical (unpaired) electrons. The Balaban J connectivity index is 0.990. The summed E-state index contributed by atoms with van der Waals surface area (Å²) in [6.07, 6.45) is 0. The first-order chi connectivity index (χ1) is 33.2. The second-order valence-corrected chi connectivity index (χ2v) is 17.6. The summed E-state index contributed by atoms with van der Waals surface area (Å²) in [6.45, 7) is 0. The Morgan fingerprint density at radius 1 is 0.328 bits per heavy atom. The summed E-state index contributed by atoms with van der Waals surface area (Å²) < 4.78 is 6.32. The van der Waals surface area contributed by atoms with Crippen molar-refractivity contribution in [3.05, 3.63) is 283 Å². The fraction of sp³-hybridized carbons (Fsp3) is 0.0154. The van der Waals surface area contributed by atoms with Crippen molar-refractivity contribution in [3.63, 3.8) is 0 Å². The summed E-state index contributed by atoms with van der Waals surface area (Å²) in [6, 6.07) is 95.1. The van der Waals surface area contributed by atoms with Crippen molar-refractivity contribution >= 4 is 49.8 Å². The van der Waals surface area contributed by atoms with E-state index in [1.54, 1.807) is 0 Å². The first kappa shape index (κ1) is 38.7. The SMILES string of the molecule is c1ccc(-c2ccc(-c3ccc4cc(N(c5ccc(-c6cccc7oc8ccccc8c67)cc5)c5cccc6c5-c5ccccc5C6(c5ccccc5)c5ccccc5)ccc4c3)cc2)cc1. The quantitative estimate of drug-likeness (QED) is 0.151. The summed E-state index contributed by atoms with van der Waals surface area (Å²) in [7, 11) is 0. The summed E-state index contributed by atoms with van der Waals surface area (Å²) in [5.41, 5.74) is 19.2. The van der Waals surface area contributed by atoms with Crippen molar-refractivity contribution in [1.29, 1.82) is 0 Å². The number of furan rings is 1. The van der Waals surface area contributed by atoms with E-state index in [1.807, 2.05) is 6.07 Å². The van der Waals surface area contributed by atoms with Crippen LogP contribution in [0.4, 0.5) is 17.1 Å². The molecule has 0 saturated heterocycles. The normalized spacial score (nSPS) is 12.6. The van der Waals surface area contributed by atoms with Crippen LogP contribution in [0.5, 0.6) is 0 Å². The second-order valence-electron chi connectivity index (χ2n) is 17.6. The number of benzene rings is 11. The minimum absolute atomic E-state index is 0.523. The molecule has 0 aliphatic heterocycles.